The van der Waals surface area contributed by atoms with Gasteiger partial charge in [-0.2, -0.15) is 0 Å². The van der Waals surface area contributed by atoms with E-state index in [4.69, 9.17) is 34.7 Å². The predicted molar refractivity (Wildman–Crippen MR) is 112 cm³/mol. The molecule has 29 heavy (non-hydrogen) atoms. The smallest absolute Gasteiger partial charge is 0.271 e. The molecule has 0 aliphatic heterocycles. The van der Waals surface area contributed by atoms with Gasteiger partial charge in [-0.25, -0.2) is 9.97 Å². The third-order valence-electron chi connectivity index (χ3n) is 4.11. The van der Waals surface area contributed by atoms with Gasteiger partial charge in [-0.15, -0.1) is 0 Å². The van der Waals surface area contributed by atoms with Gasteiger partial charge in [0.1, 0.15) is 0 Å². The number of aromatic nitrogens is 2. The molecule has 1 heterocycles. The van der Waals surface area contributed by atoms with Crippen LogP contribution in [0.4, 0.5) is 5.82 Å². The molecular weight excluding hydrogens is 413 g/mol. The summed E-state index contributed by atoms with van der Waals surface area (Å²) in [7, 11) is 0. The SMILES string of the molecule is NC(=O)c1nc(Cc2cccc(C(=O)NCc3cc(Cl)ccc3Cl)c2)cnc1N. The fourth-order valence-electron chi connectivity index (χ4n) is 2.69. The van der Waals surface area contributed by atoms with Crippen molar-refractivity contribution < 1.29 is 9.59 Å². The molecule has 0 bridgehead atoms. The molecule has 5 N–H and O–H groups in total. The van der Waals surface area contributed by atoms with Crippen molar-refractivity contribution >= 4 is 40.8 Å². The first kappa shape index (κ1) is 20.6. The lowest BCUT2D eigenvalue weighted by Crippen LogP contribution is -2.23. The highest BCUT2D eigenvalue weighted by Crippen LogP contribution is 2.20. The van der Waals surface area contributed by atoms with Crippen molar-refractivity contribution in [2.45, 2.75) is 13.0 Å². The fraction of sp³-hybridized carbons (Fsp3) is 0.100. The first-order valence-corrected chi connectivity index (χ1v) is 9.31. The van der Waals surface area contributed by atoms with Crippen LogP contribution in [-0.2, 0) is 13.0 Å². The number of nitrogens with zero attached hydrogens (tertiary/aromatic N) is 2. The van der Waals surface area contributed by atoms with E-state index in [1.807, 2.05) is 6.07 Å². The summed E-state index contributed by atoms with van der Waals surface area (Å²) in [5.74, 6) is -1.03. The molecule has 1 aromatic heterocycles. The Morgan fingerprint density at radius 1 is 1.10 bits per heavy atom. The van der Waals surface area contributed by atoms with E-state index in [2.05, 4.69) is 15.3 Å². The van der Waals surface area contributed by atoms with Crippen molar-refractivity contribution in [1.82, 2.24) is 15.3 Å². The van der Waals surface area contributed by atoms with Gasteiger partial charge in [0.25, 0.3) is 11.8 Å². The molecule has 3 rings (SSSR count). The summed E-state index contributed by atoms with van der Waals surface area (Å²) in [6, 6.07) is 12.1. The quantitative estimate of drug-likeness (QED) is 0.555. The zero-order valence-corrected chi connectivity index (χ0v) is 16.7. The molecule has 0 fully saturated rings. The standard InChI is InChI=1S/C20H17Cl2N5O2/c21-14-4-5-16(22)13(8-14)9-26-20(29)12-3-1-2-11(6-12)7-15-10-25-18(23)17(27-15)19(24)28/h1-6,8,10H,7,9H2,(H2,23,25)(H2,24,28)(H,26,29). The fourth-order valence-corrected chi connectivity index (χ4v) is 3.07. The van der Waals surface area contributed by atoms with Gasteiger partial charge in [0, 0.05) is 28.6 Å². The van der Waals surface area contributed by atoms with Crippen LogP contribution in [0, 0.1) is 0 Å². The molecule has 0 saturated carbocycles. The second kappa shape index (κ2) is 8.89. The van der Waals surface area contributed by atoms with Gasteiger partial charge < -0.3 is 16.8 Å². The van der Waals surface area contributed by atoms with Crippen molar-refractivity contribution in [2.75, 3.05) is 5.73 Å². The average Bonchev–Trinajstić information content (AvgIpc) is 2.70. The summed E-state index contributed by atoms with van der Waals surface area (Å²) in [6.07, 6.45) is 1.82. The van der Waals surface area contributed by atoms with E-state index in [9.17, 15) is 9.59 Å². The van der Waals surface area contributed by atoms with Crippen LogP contribution in [0.15, 0.2) is 48.7 Å². The summed E-state index contributed by atoms with van der Waals surface area (Å²) >= 11 is 12.1. The third kappa shape index (κ3) is 5.22. The number of nitrogens with two attached hydrogens (primary N) is 2. The maximum Gasteiger partial charge on any atom is 0.271 e. The van der Waals surface area contributed by atoms with Crippen molar-refractivity contribution in [3.05, 3.63) is 86.8 Å². The van der Waals surface area contributed by atoms with Gasteiger partial charge in [-0.05, 0) is 41.5 Å². The van der Waals surface area contributed by atoms with Crippen molar-refractivity contribution in [1.29, 1.82) is 0 Å². The van der Waals surface area contributed by atoms with Gasteiger partial charge in [0.2, 0.25) is 0 Å². The molecule has 0 aliphatic rings. The van der Waals surface area contributed by atoms with Gasteiger partial charge in [0.05, 0.1) is 11.9 Å². The van der Waals surface area contributed by atoms with Gasteiger partial charge >= 0.3 is 0 Å². The predicted octanol–water partition coefficient (Wildman–Crippen LogP) is 2.99. The number of carbonyl (C=O) groups excluding carboxylic acids is 2. The van der Waals surface area contributed by atoms with Crippen LogP contribution < -0.4 is 16.8 Å². The minimum atomic E-state index is -0.746. The summed E-state index contributed by atoms with van der Waals surface area (Å²) in [6.45, 7) is 0.244. The Hall–Kier alpha value is -3.16. The Balaban J connectivity index is 1.72. The molecule has 0 unspecified atom stereocenters. The molecule has 3 aromatic rings. The number of primary amides is 1. The van der Waals surface area contributed by atoms with E-state index >= 15 is 0 Å². The molecule has 148 valence electrons. The van der Waals surface area contributed by atoms with Crippen LogP contribution in [0.1, 0.15) is 37.7 Å². The molecule has 0 spiro atoms. The second-order valence-electron chi connectivity index (χ2n) is 6.26. The lowest BCUT2D eigenvalue weighted by atomic mass is 10.1. The average molecular weight is 430 g/mol. The lowest BCUT2D eigenvalue weighted by molar-refractivity contribution is 0.0949. The van der Waals surface area contributed by atoms with Crippen molar-refractivity contribution in [2.24, 2.45) is 5.73 Å². The molecule has 2 aromatic carbocycles. The van der Waals surface area contributed by atoms with E-state index in [-0.39, 0.29) is 24.0 Å². The topological polar surface area (TPSA) is 124 Å². The molecule has 0 aliphatic carbocycles. The summed E-state index contributed by atoms with van der Waals surface area (Å²) in [5.41, 5.74) is 13.3. The zero-order valence-electron chi connectivity index (χ0n) is 15.2. The second-order valence-corrected chi connectivity index (χ2v) is 7.10. The number of nitrogens with one attached hydrogen (secondary N) is 1. The number of hydrogen-bond donors (Lipinski definition) is 3. The molecule has 0 saturated heterocycles. The maximum absolute atomic E-state index is 12.5. The van der Waals surface area contributed by atoms with Crippen LogP contribution in [0.5, 0.6) is 0 Å². The minimum absolute atomic E-state index is 0.0194. The van der Waals surface area contributed by atoms with Crippen LogP contribution in [-0.4, -0.2) is 21.8 Å². The normalized spacial score (nSPS) is 10.6. The van der Waals surface area contributed by atoms with Gasteiger partial charge in [-0.1, -0.05) is 35.3 Å². The number of benzene rings is 2. The summed E-state index contributed by atoms with van der Waals surface area (Å²) in [5, 5.41) is 3.88. The zero-order chi connectivity index (χ0) is 21.0. The van der Waals surface area contributed by atoms with Crippen molar-refractivity contribution in [3.8, 4) is 0 Å². The summed E-state index contributed by atoms with van der Waals surface area (Å²) in [4.78, 5) is 32.0. The van der Waals surface area contributed by atoms with Crippen LogP contribution in [0.3, 0.4) is 0 Å². The minimum Gasteiger partial charge on any atom is -0.382 e. The molecule has 9 heteroatoms. The Morgan fingerprint density at radius 2 is 1.90 bits per heavy atom. The van der Waals surface area contributed by atoms with E-state index in [1.54, 1.807) is 36.4 Å². The molecule has 7 nitrogen and oxygen atoms in total. The number of nitrogen functional groups attached to an aromatic ring is 1. The largest absolute Gasteiger partial charge is 0.382 e. The lowest BCUT2D eigenvalue weighted by Gasteiger charge is -2.09. The Bertz CT molecular complexity index is 1090. The Morgan fingerprint density at radius 3 is 2.66 bits per heavy atom. The highest BCUT2D eigenvalue weighted by atomic mass is 35.5. The Kier molecular flexibility index (Phi) is 6.31. The van der Waals surface area contributed by atoms with E-state index < -0.39 is 5.91 Å². The van der Waals surface area contributed by atoms with Crippen molar-refractivity contribution in [3.63, 3.8) is 0 Å². The van der Waals surface area contributed by atoms with Crippen LogP contribution >= 0.6 is 23.2 Å². The maximum atomic E-state index is 12.5. The van der Waals surface area contributed by atoms with Gasteiger partial charge in [0.15, 0.2) is 11.5 Å². The van der Waals surface area contributed by atoms with Gasteiger partial charge in [-0.3, -0.25) is 9.59 Å². The summed E-state index contributed by atoms with van der Waals surface area (Å²) < 4.78 is 0. The molecule has 0 radical (unpaired) electrons. The molecule has 2 amide bonds. The van der Waals surface area contributed by atoms with E-state index in [0.29, 0.717) is 27.7 Å². The monoisotopic (exact) mass is 429 g/mol. The molecular formula is C20H17Cl2N5O2. The number of anilines is 1. The highest BCUT2D eigenvalue weighted by Gasteiger charge is 2.12. The first-order valence-electron chi connectivity index (χ1n) is 8.55. The number of hydrogen-bond acceptors (Lipinski definition) is 5. The number of rotatable bonds is 6. The molecule has 0 atom stereocenters. The van der Waals surface area contributed by atoms with E-state index in [1.165, 1.54) is 6.20 Å². The number of carbonyl (C=O) groups is 2. The van der Waals surface area contributed by atoms with Crippen LogP contribution in [0.25, 0.3) is 0 Å². The number of halogens is 2. The number of amides is 2. The first-order chi connectivity index (χ1) is 13.8. The highest BCUT2D eigenvalue weighted by molar-refractivity contribution is 6.33. The Labute approximate surface area is 177 Å². The van der Waals surface area contributed by atoms with Crippen LogP contribution in [0.2, 0.25) is 10.0 Å². The van der Waals surface area contributed by atoms with E-state index in [0.717, 1.165) is 11.1 Å². The third-order valence-corrected chi connectivity index (χ3v) is 4.71.